The number of hydrogen-bond donors (Lipinski definition) is 1. The molecule has 5 heteroatoms. The van der Waals surface area contributed by atoms with Crippen LogP contribution in [0.15, 0.2) is 71.4 Å². The van der Waals surface area contributed by atoms with E-state index < -0.39 is 0 Å². The fraction of sp³-hybridized carbons (Fsp3) is 0.136. The molecule has 0 aliphatic rings. The lowest BCUT2D eigenvalue weighted by Crippen LogP contribution is -2.12. The molecule has 0 saturated carbocycles. The van der Waals surface area contributed by atoms with Gasteiger partial charge in [-0.1, -0.05) is 29.8 Å². The lowest BCUT2D eigenvalue weighted by molar-refractivity contribution is -0.116. The van der Waals surface area contributed by atoms with Gasteiger partial charge in [0.1, 0.15) is 5.52 Å². The molecule has 27 heavy (non-hydrogen) atoms. The van der Waals surface area contributed by atoms with Crippen molar-refractivity contribution in [2.75, 3.05) is 5.32 Å². The van der Waals surface area contributed by atoms with Crippen LogP contribution in [-0.4, -0.2) is 15.9 Å². The second-order valence-electron chi connectivity index (χ2n) is 6.47. The van der Waals surface area contributed by atoms with Crippen LogP contribution in [-0.2, 0) is 11.2 Å². The van der Waals surface area contributed by atoms with E-state index in [-0.39, 0.29) is 5.91 Å². The number of nitrogens with one attached hydrogen (secondary N) is 1. The van der Waals surface area contributed by atoms with Gasteiger partial charge in [-0.25, -0.2) is 4.98 Å². The molecule has 1 N–H and O–H groups in total. The Hall–Kier alpha value is -3.47. The zero-order valence-corrected chi connectivity index (χ0v) is 15.0. The molecule has 134 valence electrons. The molecule has 4 aromatic rings. The number of oxazole rings is 1. The maximum Gasteiger partial charge on any atom is 0.227 e. The minimum Gasteiger partial charge on any atom is -0.436 e. The molecule has 5 nitrogen and oxygen atoms in total. The highest BCUT2D eigenvalue weighted by Crippen LogP contribution is 2.26. The van der Waals surface area contributed by atoms with Crippen LogP contribution in [0.3, 0.4) is 0 Å². The predicted molar refractivity (Wildman–Crippen MR) is 105 cm³/mol. The first-order chi connectivity index (χ1) is 13.2. The average molecular weight is 357 g/mol. The van der Waals surface area contributed by atoms with E-state index in [1.54, 1.807) is 18.5 Å². The molecule has 0 radical (unpaired) electrons. The topological polar surface area (TPSA) is 68.0 Å². The van der Waals surface area contributed by atoms with E-state index in [0.717, 1.165) is 16.6 Å². The Labute approximate surface area is 157 Å². The van der Waals surface area contributed by atoms with Crippen LogP contribution in [0.1, 0.15) is 17.5 Å². The summed E-state index contributed by atoms with van der Waals surface area (Å²) in [5, 5.41) is 2.93. The SMILES string of the molecule is Cc1ccc(CCC(=O)Nc2ccc3nc(-c4ccncc4)oc3c2)cc1. The van der Waals surface area contributed by atoms with Gasteiger partial charge in [0.2, 0.25) is 11.8 Å². The highest BCUT2D eigenvalue weighted by molar-refractivity contribution is 5.93. The minimum absolute atomic E-state index is 0.0243. The van der Waals surface area contributed by atoms with Crippen LogP contribution in [0.2, 0.25) is 0 Å². The number of fused-ring (bicyclic) bond motifs is 1. The molecular formula is C22H19N3O2. The Balaban J connectivity index is 1.44. The van der Waals surface area contributed by atoms with Crippen molar-refractivity contribution in [2.45, 2.75) is 19.8 Å². The van der Waals surface area contributed by atoms with Crippen LogP contribution >= 0.6 is 0 Å². The highest BCUT2D eigenvalue weighted by atomic mass is 16.3. The third-order valence-corrected chi connectivity index (χ3v) is 4.36. The Morgan fingerprint density at radius 3 is 2.59 bits per heavy atom. The van der Waals surface area contributed by atoms with Crippen molar-refractivity contribution in [3.05, 3.63) is 78.1 Å². The zero-order valence-electron chi connectivity index (χ0n) is 15.0. The monoisotopic (exact) mass is 357 g/mol. The molecule has 4 rings (SSSR count). The normalized spacial score (nSPS) is 10.9. The third-order valence-electron chi connectivity index (χ3n) is 4.36. The number of benzene rings is 2. The van der Waals surface area contributed by atoms with Gasteiger partial charge in [0.25, 0.3) is 0 Å². The average Bonchev–Trinajstić information content (AvgIpc) is 3.12. The largest absolute Gasteiger partial charge is 0.436 e. The number of amides is 1. The number of hydrogen-bond acceptors (Lipinski definition) is 4. The van der Waals surface area contributed by atoms with Crippen molar-refractivity contribution in [3.63, 3.8) is 0 Å². The molecule has 0 unspecified atom stereocenters. The van der Waals surface area contributed by atoms with Crippen molar-refractivity contribution in [3.8, 4) is 11.5 Å². The van der Waals surface area contributed by atoms with E-state index in [4.69, 9.17) is 4.42 Å². The fourth-order valence-electron chi connectivity index (χ4n) is 2.86. The van der Waals surface area contributed by atoms with Crippen molar-refractivity contribution < 1.29 is 9.21 Å². The Morgan fingerprint density at radius 1 is 1.04 bits per heavy atom. The summed E-state index contributed by atoms with van der Waals surface area (Å²) in [6, 6.07) is 17.4. The first-order valence-corrected chi connectivity index (χ1v) is 8.84. The third kappa shape index (κ3) is 4.03. The number of carbonyl (C=O) groups excluding carboxylic acids is 1. The van der Waals surface area contributed by atoms with Crippen LogP contribution in [0.5, 0.6) is 0 Å². The lowest BCUT2D eigenvalue weighted by Gasteiger charge is -2.05. The second-order valence-corrected chi connectivity index (χ2v) is 6.47. The van der Waals surface area contributed by atoms with Crippen LogP contribution in [0.4, 0.5) is 5.69 Å². The standard InChI is InChI=1S/C22H19N3O2/c1-15-2-4-16(5-3-15)6-9-21(26)24-18-7-8-19-20(14-18)27-22(25-19)17-10-12-23-13-11-17/h2-5,7-8,10-14H,6,9H2,1H3,(H,24,26). The number of aryl methyl sites for hydroxylation is 2. The van der Waals surface area contributed by atoms with Crippen LogP contribution < -0.4 is 5.32 Å². The number of aromatic nitrogens is 2. The number of pyridine rings is 1. The van der Waals surface area contributed by atoms with Crippen LogP contribution in [0, 0.1) is 6.92 Å². The Kier molecular flexibility index (Phi) is 4.66. The van der Waals surface area contributed by atoms with Gasteiger partial charge in [0.05, 0.1) is 0 Å². The first-order valence-electron chi connectivity index (χ1n) is 8.84. The minimum atomic E-state index is -0.0243. The second kappa shape index (κ2) is 7.41. The number of nitrogens with zero attached hydrogens (tertiary/aromatic N) is 2. The molecule has 0 aliphatic carbocycles. The number of rotatable bonds is 5. The van der Waals surface area contributed by atoms with E-state index in [1.165, 1.54) is 5.56 Å². The molecule has 2 aromatic carbocycles. The smallest absolute Gasteiger partial charge is 0.227 e. The van der Waals surface area contributed by atoms with E-state index in [1.807, 2.05) is 24.3 Å². The lowest BCUT2D eigenvalue weighted by atomic mass is 10.1. The van der Waals surface area contributed by atoms with E-state index >= 15 is 0 Å². The molecule has 0 aliphatic heterocycles. The molecule has 0 saturated heterocycles. The zero-order chi connectivity index (χ0) is 18.6. The summed E-state index contributed by atoms with van der Waals surface area (Å²) in [6.45, 7) is 2.05. The summed E-state index contributed by atoms with van der Waals surface area (Å²) < 4.78 is 5.83. The Bertz CT molecular complexity index is 1070. The molecule has 0 atom stereocenters. The van der Waals surface area contributed by atoms with Gasteiger partial charge in [-0.05, 0) is 43.2 Å². The summed E-state index contributed by atoms with van der Waals surface area (Å²) in [4.78, 5) is 20.7. The molecule has 0 bridgehead atoms. The van der Waals surface area contributed by atoms with E-state index in [2.05, 4.69) is 46.5 Å². The highest BCUT2D eigenvalue weighted by Gasteiger charge is 2.10. The number of anilines is 1. The summed E-state index contributed by atoms with van der Waals surface area (Å²) in [5.41, 5.74) is 5.33. The summed E-state index contributed by atoms with van der Waals surface area (Å²) in [5.74, 6) is 0.513. The molecular weight excluding hydrogens is 338 g/mol. The van der Waals surface area contributed by atoms with E-state index in [9.17, 15) is 4.79 Å². The van der Waals surface area contributed by atoms with Crippen molar-refractivity contribution in [2.24, 2.45) is 0 Å². The summed E-state index contributed by atoms with van der Waals surface area (Å²) >= 11 is 0. The maximum atomic E-state index is 12.3. The van der Waals surface area contributed by atoms with Gasteiger partial charge in [-0.2, -0.15) is 0 Å². The molecule has 2 heterocycles. The maximum absolute atomic E-state index is 12.3. The van der Waals surface area contributed by atoms with Crippen molar-refractivity contribution >= 4 is 22.7 Å². The quantitative estimate of drug-likeness (QED) is 0.559. The van der Waals surface area contributed by atoms with Gasteiger partial charge in [0, 0.05) is 36.1 Å². The summed E-state index contributed by atoms with van der Waals surface area (Å²) in [6.07, 6.45) is 4.54. The molecule has 0 fully saturated rings. The van der Waals surface area contributed by atoms with Crippen LogP contribution in [0.25, 0.3) is 22.6 Å². The van der Waals surface area contributed by atoms with Crippen molar-refractivity contribution in [1.29, 1.82) is 0 Å². The molecule has 2 aromatic heterocycles. The first kappa shape index (κ1) is 17.0. The Morgan fingerprint density at radius 2 is 1.81 bits per heavy atom. The van der Waals surface area contributed by atoms with E-state index in [0.29, 0.717) is 30.0 Å². The van der Waals surface area contributed by atoms with Gasteiger partial charge < -0.3 is 9.73 Å². The van der Waals surface area contributed by atoms with Gasteiger partial charge in [-0.3, -0.25) is 9.78 Å². The van der Waals surface area contributed by atoms with Crippen molar-refractivity contribution in [1.82, 2.24) is 9.97 Å². The molecule has 1 amide bonds. The van der Waals surface area contributed by atoms with Gasteiger partial charge >= 0.3 is 0 Å². The summed E-state index contributed by atoms with van der Waals surface area (Å²) in [7, 11) is 0. The fourth-order valence-corrected chi connectivity index (χ4v) is 2.86. The van der Waals surface area contributed by atoms with Gasteiger partial charge in [-0.15, -0.1) is 0 Å². The predicted octanol–water partition coefficient (Wildman–Crippen LogP) is 4.77. The number of carbonyl (C=O) groups is 1. The molecule has 0 spiro atoms. The van der Waals surface area contributed by atoms with Gasteiger partial charge in [0.15, 0.2) is 5.58 Å².